The molecule has 0 atom stereocenters. The molecular weight excluding hydrogens is 192 g/mol. The number of nitrogens with zero attached hydrogens (tertiary/aromatic N) is 3. The highest BCUT2D eigenvalue weighted by molar-refractivity contribution is 5.34. The van der Waals surface area contributed by atoms with Gasteiger partial charge >= 0.3 is 0 Å². The van der Waals surface area contributed by atoms with E-state index < -0.39 is 0 Å². The fourth-order valence-corrected chi connectivity index (χ4v) is 1.49. The van der Waals surface area contributed by atoms with Crippen LogP contribution in [0.25, 0.3) is 0 Å². The van der Waals surface area contributed by atoms with Crippen molar-refractivity contribution in [2.45, 2.75) is 39.7 Å². The zero-order valence-corrected chi connectivity index (χ0v) is 9.73. The second-order valence-corrected chi connectivity index (χ2v) is 3.85. The van der Waals surface area contributed by atoms with Gasteiger partial charge in [-0.15, -0.1) is 5.10 Å². The van der Waals surface area contributed by atoms with Crippen LogP contribution in [-0.4, -0.2) is 28.2 Å². The molecule has 5 nitrogen and oxygen atoms in total. The van der Waals surface area contributed by atoms with Crippen molar-refractivity contribution in [2.24, 2.45) is 0 Å². The number of rotatable bonds is 6. The standard InChI is InChI=1S/C10H20N4O/c1-4-6-15-7-5-14-9(8(2)3)10(11)12-13-14/h8H,4-7,11H2,1-3H3. The molecule has 1 heterocycles. The summed E-state index contributed by atoms with van der Waals surface area (Å²) < 4.78 is 7.23. The van der Waals surface area contributed by atoms with Crippen LogP contribution in [0.15, 0.2) is 0 Å². The van der Waals surface area contributed by atoms with E-state index in [2.05, 4.69) is 31.1 Å². The molecule has 1 rings (SSSR count). The molecule has 0 bridgehead atoms. The molecular formula is C10H20N4O. The molecule has 0 aliphatic carbocycles. The number of aromatic nitrogens is 3. The minimum Gasteiger partial charge on any atom is -0.381 e. The first-order valence-electron chi connectivity index (χ1n) is 5.43. The van der Waals surface area contributed by atoms with Crippen LogP contribution < -0.4 is 5.73 Å². The molecule has 0 unspecified atom stereocenters. The van der Waals surface area contributed by atoms with Gasteiger partial charge in [-0.25, -0.2) is 4.68 Å². The summed E-state index contributed by atoms with van der Waals surface area (Å²) in [6.07, 6.45) is 1.04. The highest BCUT2D eigenvalue weighted by Gasteiger charge is 2.12. The molecule has 1 aromatic rings. The van der Waals surface area contributed by atoms with Gasteiger partial charge in [-0.3, -0.25) is 0 Å². The molecule has 0 amide bonds. The van der Waals surface area contributed by atoms with E-state index in [9.17, 15) is 0 Å². The number of ether oxygens (including phenoxy) is 1. The zero-order valence-electron chi connectivity index (χ0n) is 9.73. The number of nitrogens with two attached hydrogens (primary N) is 1. The molecule has 1 aromatic heterocycles. The van der Waals surface area contributed by atoms with E-state index in [4.69, 9.17) is 10.5 Å². The van der Waals surface area contributed by atoms with E-state index in [0.29, 0.717) is 18.3 Å². The Morgan fingerprint density at radius 1 is 1.40 bits per heavy atom. The summed E-state index contributed by atoms with van der Waals surface area (Å²) in [5.74, 6) is 0.867. The highest BCUT2D eigenvalue weighted by atomic mass is 16.5. The Hall–Kier alpha value is -1.10. The van der Waals surface area contributed by atoms with Gasteiger partial charge in [-0.05, 0) is 12.3 Å². The summed E-state index contributed by atoms with van der Waals surface area (Å²) in [4.78, 5) is 0. The first kappa shape index (κ1) is 12.0. The van der Waals surface area contributed by atoms with Gasteiger partial charge in [0.1, 0.15) is 0 Å². The van der Waals surface area contributed by atoms with Crippen LogP contribution in [0, 0.1) is 0 Å². The van der Waals surface area contributed by atoms with E-state index in [0.717, 1.165) is 25.3 Å². The minimum absolute atomic E-state index is 0.339. The lowest BCUT2D eigenvalue weighted by Crippen LogP contribution is -2.12. The third kappa shape index (κ3) is 3.20. The van der Waals surface area contributed by atoms with Gasteiger partial charge in [0.2, 0.25) is 0 Å². The smallest absolute Gasteiger partial charge is 0.169 e. The van der Waals surface area contributed by atoms with Crippen molar-refractivity contribution in [3.8, 4) is 0 Å². The number of hydrogen-bond donors (Lipinski definition) is 1. The fraction of sp³-hybridized carbons (Fsp3) is 0.800. The molecule has 0 aliphatic heterocycles. The first-order chi connectivity index (χ1) is 7.16. The Morgan fingerprint density at radius 3 is 2.73 bits per heavy atom. The summed E-state index contributed by atoms with van der Waals surface area (Å²) in [5, 5.41) is 7.87. The molecule has 86 valence electrons. The van der Waals surface area contributed by atoms with Gasteiger partial charge in [0.15, 0.2) is 5.82 Å². The van der Waals surface area contributed by atoms with Crippen molar-refractivity contribution in [3.05, 3.63) is 5.69 Å². The maximum absolute atomic E-state index is 5.74. The third-order valence-corrected chi connectivity index (χ3v) is 2.14. The van der Waals surface area contributed by atoms with Crippen molar-refractivity contribution < 1.29 is 4.74 Å². The summed E-state index contributed by atoms with van der Waals surface area (Å²) in [6, 6.07) is 0. The van der Waals surface area contributed by atoms with Crippen molar-refractivity contribution in [1.29, 1.82) is 0 Å². The van der Waals surface area contributed by atoms with Gasteiger partial charge in [-0.1, -0.05) is 26.0 Å². The minimum atomic E-state index is 0.339. The molecule has 0 saturated carbocycles. The molecule has 0 fully saturated rings. The molecule has 2 N–H and O–H groups in total. The van der Waals surface area contributed by atoms with Crippen LogP contribution in [-0.2, 0) is 11.3 Å². The second-order valence-electron chi connectivity index (χ2n) is 3.85. The van der Waals surface area contributed by atoms with Gasteiger partial charge in [-0.2, -0.15) is 0 Å². The van der Waals surface area contributed by atoms with Gasteiger partial charge in [0, 0.05) is 6.61 Å². The van der Waals surface area contributed by atoms with E-state index in [-0.39, 0.29) is 0 Å². The molecule has 0 aliphatic rings. The summed E-state index contributed by atoms with van der Waals surface area (Å²) in [6.45, 7) is 8.43. The topological polar surface area (TPSA) is 66.0 Å². The molecule has 5 heteroatoms. The Balaban J connectivity index is 2.53. The quantitative estimate of drug-likeness (QED) is 0.724. The van der Waals surface area contributed by atoms with Crippen LogP contribution in [0.5, 0.6) is 0 Å². The van der Waals surface area contributed by atoms with Gasteiger partial charge in [0.05, 0.1) is 18.8 Å². The predicted molar refractivity (Wildman–Crippen MR) is 59.6 cm³/mol. The predicted octanol–water partition coefficient (Wildman–Crippen LogP) is 1.41. The van der Waals surface area contributed by atoms with Crippen LogP contribution in [0.4, 0.5) is 5.82 Å². The number of anilines is 1. The second kappa shape index (κ2) is 5.70. The number of hydrogen-bond acceptors (Lipinski definition) is 4. The van der Waals surface area contributed by atoms with E-state index in [1.54, 1.807) is 0 Å². The van der Waals surface area contributed by atoms with Crippen molar-refractivity contribution in [1.82, 2.24) is 15.0 Å². The molecule has 15 heavy (non-hydrogen) atoms. The lowest BCUT2D eigenvalue weighted by Gasteiger charge is -2.09. The summed E-state index contributed by atoms with van der Waals surface area (Å²) in [5.41, 5.74) is 6.73. The van der Waals surface area contributed by atoms with Crippen molar-refractivity contribution in [2.75, 3.05) is 18.9 Å². The fourth-order valence-electron chi connectivity index (χ4n) is 1.49. The maximum Gasteiger partial charge on any atom is 0.169 e. The maximum atomic E-state index is 5.74. The van der Waals surface area contributed by atoms with Crippen molar-refractivity contribution in [3.63, 3.8) is 0 Å². The van der Waals surface area contributed by atoms with Crippen LogP contribution in [0.2, 0.25) is 0 Å². The Morgan fingerprint density at radius 2 is 2.13 bits per heavy atom. The Kier molecular flexibility index (Phi) is 4.55. The lowest BCUT2D eigenvalue weighted by molar-refractivity contribution is 0.123. The van der Waals surface area contributed by atoms with Gasteiger partial charge < -0.3 is 10.5 Å². The van der Waals surface area contributed by atoms with E-state index >= 15 is 0 Å². The summed E-state index contributed by atoms with van der Waals surface area (Å²) >= 11 is 0. The third-order valence-electron chi connectivity index (χ3n) is 2.14. The molecule has 0 radical (unpaired) electrons. The van der Waals surface area contributed by atoms with Crippen LogP contribution in [0.3, 0.4) is 0 Å². The van der Waals surface area contributed by atoms with Gasteiger partial charge in [0.25, 0.3) is 0 Å². The van der Waals surface area contributed by atoms with E-state index in [1.807, 2.05) is 4.68 Å². The number of nitrogen functional groups attached to an aromatic ring is 1. The molecule has 0 spiro atoms. The lowest BCUT2D eigenvalue weighted by atomic mass is 10.1. The SMILES string of the molecule is CCCOCCn1nnc(N)c1C(C)C. The summed E-state index contributed by atoms with van der Waals surface area (Å²) in [7, 11) is 0. The zero-order chi connectivity index (χ0) is 11.3. The Labute approximate surface area is 90.6 Å². The average Bonchev–Trinajstić information content (AvgIpc) is 2.54. The normalized spacial score (nSPS) is 11.2. The monoisotopic (exact) mass is 212 g/mol. The van der Waals surface area contributed by atoms with E-state index in [1.165, 1.54) is 0 Å². The Bertz CT molecular complexity index is 296. The van der Waals surface area contributed by atoms with Crippen molar-refractivity contribution >= 4 is 5.82 Å². The van der Waals surface area contributed by atoms with Crippen LogP contribution in [0.1, 0.15) is 38.8 Å². The first-order valence-corrected chi connectivity index (χ1v) is 5.43. The average molecular weight is 212 g/mol. The molecule has 0 aromatic carbocycles. The van der Waals surface area contributed by atoms with Crippen LogP contribution >= 0.6 is 0 Å². The molecule has 0 saturated heterocycles. The highest BCUT2D eigenvalue weighted by Crippen LogP contribution is 2.18. The largest absolute Gasteiger partial charge is 0.381 e.